The minimum absolute atomic E-state index is 0.0402. The van der Waals surface area contributed by atoms with Crippen LogP contribution in [-0.2, 0) is 20.4 Å². The Morgan fingerprint density at radius 2 is 1.80 bits per heavy atom. The predicted octanol–water partition coefficient (Wildman–Crippen LogP) is 6.98. The van der Waals surface area contributed by atoms with E-state index in [1.165, 1.54) is 17.7 Å². The summed E-state index contributed by atoms with van der Waals surface area (Å²) in [5.41, 5.74) is -2.24. The van der Waals surface area contributed by atoms with Crippen molar-refractivity contribution >= 4 is 46.2 Å². The number of carbonyl (C=O) groups is 1. The molecule has 3 atom stereocenters. The minimum atomic E-state index is -4.83. The van der Waals surface area contributed by atoms with Gasteiger partial charge in [0.25, 0.3) is 0 Å². The maximum absolute atomic E-state index is 14.9. The smallest absolute Gasteiger partial charge is 0.417 e. The lowest BCUT2D eigenvalue weighted by atomic mass is 9.95. The van der Waals surface area contributed by atoms with Crippen LogP contribution >= 0.6 is 23.4 Å². The fraction of sp³-hybridized carbons (Fsp3) is 0.516. The third-order valence-corrected chi connectivity index (χ3v) is 9.31. The first kappa shape index (κ1) is 34.3. The number of hydrogen-bond donors (Lipinski definition) is 0. The van der Waals surface area contributed by atoms with Crippen LogP contribution in [0.15, 0.2) is 34.0 Å². The summed E-state index contributed by atoms with van der Waals surface area (Å²) in [5, 5.41) is -0.212. The van der Waals surface area contributed by atoms with Crippen LogP contribution in [0.1, 0.15) is 46.2 Å². The van der Waals surface area contributed by atoms with Crippen molar-refractivity contribution in [2.24, 2.45) is 0 Å². The van der Waals surface area contributed by atoms with Gasteiger partial charge in [-0.2, -0.15) is 18.2 Å². The van der Waals surface area contributed by atoms with Crippen molar-refractivity contribution in [3.8, 4) is 11.1 Å². The highest BCUT2D eigenvalue weighted by atomic mass is 35.5. The average Bonchev–Trinajstić information content (AvgIpc) is 2.94. The third kappa shape index (κ3) is 6.67. The van der Waals surface area contributed by atoms with E-state index in [-0.39, 0.29) is 70.0 Å². The molecule has 0 saturated carbocycles. The van der Waals surface area contributed by atoms with Gasteiger partial charge in [-0.05, 0) is 58.4 Å². The lowest BCUT2D eigenvalue weighted by Crippen LogP contribution is -2.60. The van der Waals surface area contributed by atoms with Gasteiger partial charge in [-0.1, -0.05) is 17.7 Å². The van der Waals surface area contributed by atoms with Gasteiger partial charge in [0.2, 0.25) is 0 Å². The van der Waals surface area contributed by atoms with Crippen LogP contribution in [0.3, 0.4) is 0 Å². The van der Waals surface area contributed by atoms with Gasteiger partial charge in [0, 0.05) is 41.8 Å². The van der Waals surface area contributed by atoms with Gasteiger partial charge in [0.1, 0.15) is 24.0 Å². The molecule has 0 unspecified atom stereocenters. The van der Waals surface area contributed by atoms with E-state index in [0.717, 1.165) is 30.0 Å². The highest BCUT2D eigenvalue weighted by Gasteiger charge is 2.41. The predicted molar refractivity (Wildman–Crippen MR) is 168 cm³/mol. The molecule has 3 heterocycles. The van der Waals surface area contributed by atoms with Gasteiger partial charge in [0.15, 0.2) is 0 Å². The van der Waals surface area contributed by atoms with E-state index in [0.29, 0.717) is 0 Å². The number of anilines is 1. The minimum Gasteiger partial charge on any atom is -0.444 e. The Labute approximate surface area is 272 Å². The maximum Gasteiger partial charge on any atom is 0.417 e. The summed E-state index contributed by atoms with van der Waals surface area (Å²) < 4.78 is 76.3. The number of hydrogen-bond acceptors (Lipinski definition) is 8. The maximum atomic E-state index is 14.9. The molecular formula is C31H35ClF4N4O5S. The summed E-state index contributed by atoms with van der Waals surface area (Å²) in [6, 6.07) is 3.01. The van der Waals surface area contributed by atoms with Gasteiger partial charge in [-0.15, -0.1) is 11.8 Å². The molecule has 0 aliphatic carbocycles. The summed E-state index contributed by atoms with van der Waals surface area (Å²) in [7, 11) is 1.45. The zero-order chi connectivity index (χ0) is 33.7. The lowest BCUT2D eigenvalue weighted by Gasteiger charge is -2.45. The van der Waals surface area contributed by atoms with E-state index in [4.69, 9.17) is 25.8 Å². The Bertz CT molecular complexity index is 1700. The van der Waals surface area contributed by atoms with E-state index >= 15 is 0 Å². The van der Waals surface area contributed by atoms with Crippen LogP contribution in [0, 0.1) is 5.82 Å². The molecule has 1 fully saturated rings. The number of nitrogens with zero attached hydrogens (tertiary/aromatic N) is 4. The van der Waals surface area contributed by atoms with Crippen molar-refractivity contribution in [3.63, 3.8) is 0 Å². The molecule has 1 aromatic heterocycles. The first-order valence-corrected chi connectivity index (χ1v) is 16.0. The Morgan fingerprint density at radius 1 is 1.13 bits per heavy atom. The average molecular weight is 687 g/mol. The fourth-order valence-corrected chi connectivity index (χ4v) is 7.56. The molecule has 1 amide bonds. The normalized spacial score (nSPS) is 20.4. The number of ether oxygens (including phenoxy) is 3. The highest BCUT2D eigenvalue weighted by molar-refractivity contribution is 7.99. The molecular weight excluding hydrogens is 652 g/mol. The van der Waals surface area contributed by atoms with Crippen LogP contribution < -0.4 is 10.6 Å². The number of carbonyl (C=O) groups excluding carboxylic acids is 1. The van der Waals surface area contributed by atoms with Crippen LogP contribution in [0.4, 0.5) is 28.2 Å². The zero-order valence-electron chi connectivity index (χ0n) is 26.2. The van der Waals surface area contributed by atoms with Gasteiger partial charge in [-0.25, -0.2) is 14.0 Å². The molecule has 9 nitrogen and oxygen atoms in total. The number of benzene rings is 2. The standard InChI is InChI=1S/C31H35ClF4N4O5S/c1-16-11-38(12-17(2)39(16)29(42)45-30(3,4)5)27-20-10-21(31(34,35)36)24(18-7-8-23(33)22(32)9-18)26-25(20)40(28(41)37-27)19(14-46-26)13-44-15-43-6/h7-10,16-17,19H,11-15H2,1-6H3/t16-,17+,19-/m0/s1. The van der Waals surface area contributed by atoms with Crippen molar-refractivity contribution < 1.29 is 36.6 Å². The van der Waals surface area contributed by atoms with E-state index in [2.05, 4.69) is 4.98 Å². The number of methoxy groups -OCH3 is 1. The summed E-state index contributed by atoms with van der Waals surface area (Å²) in [5.74, 6) is -0.486. The molecule has 2 aliphatic heterocycles. The highest BCUT2D eigenvalue weighted by Crippen LogP contribution is 2.50. The number of piperazine rings is 1. The Kier molecular flexibility index (Phi) is 9.57. The van der Waals surface area contributed by atoms with E-state index in [9.17, 15) is 27.2 Å². The Hall–Kier alpha value is -3.07. The van der Waals surface area contributed by atoms with Crippen LogP contribution in [0.5, 0.6) is 0 Å². The number of halogens is 5. The van der Waals surface area contributed by atoms with Gasteiger partial charge < -0.3 is 19.1 Å². The summed E-state index contributed by atoms with van der Waals surface area (Å²) >= 11 is 7.18. The summed E-state index contributed by atoms with van der Waals surface area (Å²) in [6.07, 6.45) is -5.33. The zero-order valence-corrected chi connectivity index (χ0v) is 27.8. The number of rotatable bonds is 6. The van der Waals surface area contributed by atoms with Gasteiger partial charge >= 0.3 is 18.0 Å². The summed E-state index contributed by atoms with van der Waals surface area (Å²) in [6.45, 7) is 9.30. The molecule has 46 heavy (non-hydrogen) atoms. The quantitative estimate of drug-likeness (QED) is 0.156. The van der Waals surface area contributed by atoms with Crippen molar-refractivity contribution in [3.05, 3.63) is 51.2 Å². The second kappa shape index (κ2) is 12.9. The molecule has 15 heteroatoms. The first-order valence-electron chi connectivity index (χ1n) is 14.6. The second-order valence-corrected chi connectivity index (χ2v) is 13.9. The SMILES string of the molecule is COCOC[C@H]1CSc2c(-c3ccc(F)c(Cl)c3)c(C(F)(F)F)cc3c(N4C[C@@H](C)N(C(=O)OC(C)(C)C)[C@@H](C)C4)nc(=O)n1c23. The Morgan fingerprint density at radius 3 is 2.39 bits per heavy atom. The number of aromatic nitrogens is 2. The number of alkyl halides is 3. The molecule has 250 valence electrons. The molecule has 0 spiro atoms. The summed E-state index contributed by atoms with van der Waals surface area (Å²) in [4.78, 5) is 34.8. The van der Waals surface area contributed by atoms with E-state index in [1.54, 1.807) is 44.4 Å². The molecule has 5 rings (SSSR count). The molecule has 0 N–H and O–H groups in total. The molecule has 0 bridgehead atoms. The number of amides is 1. The monoisotopic (exact) mass is 686 g/mol. The fourth-order valence-electron chi connectivity index (χ4n) is 6.05. The van der Waals surface area contributed by atoms with Gasteiger partial charge in [-0.3, -0.25) is 9.47 Å². The van der Waals surface area contributed by atoms with Gasteiger partial charge in [0.05, 0.1) is 40.8 Å². The van der Waals surface area contributed by atoms with Crippen LogP contribution in [-0.4, -0.2) is 77.6 Å². The molecule has 2 aliphatic rings. The van der Waals surface area contributed by atoms with E-state index < -0.39 is 53.1 Å². The molecule has 0 radical (unpaired) electrons. The van der Waals surface area contributed by atoms with Crippen molar-refractivity contribution in [2.45, 2.75) is 69.4 Å². The molecule has 3 aromatic rings. The third-order valence-electron chi connectivity index (χ3n) is 7.78. The van der Waals surface area contributed by atoms with Crippen molar-refractivity contribution in [1.29, 1.82) is 0 Å². The van der Waals surface area contributed by atoms with Crippen LogP contribution in [0.2, 0.25) is 5.02 Å². The lowest BCUT2D eigenvalue weighted by molar-refractivity contribution is -0.137. The largest absolute Gasteiger partial charge is 0.444 e. The second-order valence-electron chi connectivity index (χ2n) is 12.5. The Balaban J connectivity index is 1.73. The topological polar surface area (TPSA) is 86.1 Å². The van der Waals surface area contributed by atoms with Crippen molar-refractivity contribution in [2.75, 3.05) is 44.3 Å². The molecule has 1 saturated heterocycles. The molecule has 2 aromatic carbocycles. The van der Waals surface area contributed by atoms with Crippen LogP contribution in [0.25, 0.3) is 22.0 Å². The van der Waals surface area contributed by atoms with E-state index in [1.807, 2.05) is 0 Å². The first-order chi connectivity index (χ1) is 21.5. The van der Waals surface area contributed by atoms with Crippen molar-refractivity contribution in [1.82, 2.24) is 14.5 Å². The number of thioether (sulfide) groups is 1.